The molecule has 1 saturated heterocycles. The number of anilines is 1. The molecule has 0 aromatic heterocycles. The van der Waals surface area contributed by atoms with Crippen LogP contribution in [0.4, 0.5) is 5.69 Å². The van der Waals surface area contributed by atoms with Gasteiger partial charge in [0.15, 0.2) is 0 Å². The lowest BCUT2D eigenvalue weighted by molar-refractivity contribution is -0.919. The minimum atomic E-state index is -0.00751. The lowest BCUT2D eigenvalue weighted by Crippen LogP contribution is -3.11. The summed E-state index contributed by atoms with van der Waals surface area (Å²) in [5, 5.41) is 0. The van der Waals surface area contributed by atoms with Gasteiger partial charge in [0.25, 0.3) is 0 Å². The van der Waals surface area contributed by atoms with Gasteiger partial charge in [0.1, 0.15) is 6.54 Å². The van der Waals surface area contributed by atoms with Crippen molar-refractivity contribution in [1.82, 2.24) is 0 Å². The van der Waals surface area contributed by atoms with E-state index in [-0.39, 0.29) is 11.9 Å². The number of carbonyl (C=O) groups is 1. The Bertz CT molecular complexity index is 448. The predicted molar refractivity (Wildman–Crippen MR) is 84.5 cm³/mol. The smallest absolute Gasteiger partial charge is 0.309 e. The zero-order valence-corrected chi connectivity index (χ0v) is 13.4. The first kappa shape index (κ1) is 15.8. The van der Waals surface area contributed by atoms with Gasteiger partial charge in [0.05, 0.1) is 25.6 Å². The van der Waals surface area contributed by atoms with Gasteiger partial charge in [0.2, 0.25) is 0 Å². The summed E-state index contributed by atoms with van der Waals surface area (Å²) in [5.41, 5.74) is 2.60. The Morgan fingerprint density at radius 1 is 1.24 bits per heavy atom. The molecule has 0 atom stereocenters. The average Bonchev–Trinajstić information content (AvgIpc) is 2.49. The van der Waals surface area contributed by atoms with Gasteiger partial charge in [-0.1, -0.05) is 12.1 Å². The van der Waals surface area contributed by atoms with Crippen LogP contribution in [0, 0.1) is 5.92 Å². The molecular formula is C17H27N2O2+. The van der Waals surface area contributed by atoms with Crippen LogP contribution in [-0.2, 0) is 16.1 Å². The van der Waals surface area contributed by atoms with Crippen LogP contribution in [0.15, 0.2) is 24.3 Å². The van der Waals surface area contributed by atoms with Gasteiger partial charge in [-0.2, -0.15) is 0 Å². The number of hydrogen-bond donors (Lipinski definition) is 1. The number of nitrogens with zero attached hydrogens (tertiary/aromatic N) is 1. The van der Waals surface area contributed by atoms with Gasteiger partial charge in [0, 0.05) is 38.2 Å². The molecule has 1 N–H and O–H groups in total. The molecule has 21 heavy (non-hydrogen) atoms. The van der Waals surface area contributed by atoms with E-state index in [1.165, 1.54) is 11.3 Å². The molecule has 1 aromatic carbocycles. The highest BCUT2D eigenvalue weighted by atomic mass is 16.5. The van der Waals surface area contributed by atoms with E-state index < -0.39 is 0 Å². The highest BCUT2D eigenvalue weighted by molar-refractivity contribution is 5.72. The molecule has 4 nitrogen and oxygen atoms in total. The summed E-state index contributed by atoms with van der Waals surface area (Å²) in [5.74, 6) is 0.108. The molecule has 0 bridgehead atoms. The molecule has 1 fully saturated rings. The van der Waals surface area contributed by atoms with Gasteiger partial charge in [-0.15, -0.1) is 0 Å². The molecule has 1 aliphatic heterocycles. The van der Waals surface area contributed by atoms with E-state index in [4.69, 9.17) is 4.74 Å². The highest BCUT2D eigenvalue weighted by Crippen LogP contribution is 2.14. The van der Waals surface area contributed by atoms with Crippen molar-refractivity contribution in [2.45, 2.75) is 26.3 Å². The number of quaternary nitrogens is 1. The van der Waals surface area contributed by atoms with E-state index in [1.807, 2.05) is 6.92 Å². The lowest BCUT2D eigenvalue weighted by atomic mass is 9.96. The Balaban J connectivity index is 1.82. The van der Waals surface area contributed by atoms with E-state index in [0.29, 0.717) is 6.61 Å². The first-order chi connectivity index (χ1) is 10.1. The molecule has 0 saturated carbocycles. The fourth-order valence-electron chi connectivity index (χ4n) is 2.90. The molecule has 0 aliphatic carbocycles. The summed E-state index contributed by atoms with van der Waals surface area (Å²) in [6.45, 7) is 5.51. The van der Waals surface area contributed by atoms with Crippen LogP contribution in [0.1, 0.15) is 25.3 Å². The second-order valence-electron chi connectivity index (χ2n) is 6.01. The first-order valence-corrected chi connectivity index (χ1v) is 7.86. The van der Waals surface area contributed by atoms with Gasteiger partial charge in [-0.3, -0.25) is 4.79 Å². The monoisotopic (exact) mass is 291 g/mol. The van der Waals surface area contributed by atoms with Crippen LogP contribution in [-0.4, -0.2) is 39.8 Å². The fraction of sp³-hybridized carbons (Fsp3) is 0.588. The molecular weight excluding hydrogens is 264 g/mol. The molecule has 116 valence electrons. The third kappa shape index (κ3) is 4.46. The normalized spacial score (nSPS) is 21.9. The number of piperidine rings is 1. The second kappa shape index (κ2) is 7.46. The maximum absolute atomic E-state index is 11.7. The molecule has 0 radical (unpaired) electrons. The Labute approximate surface area is 127 Å². The van der Waals surface area contributed by atoms with Crippen molar-refractivity contribution in [3.05, 3.63) is 29.8 Å². The number of esters is 1. The standard InChI is InChI=1S/C17H26N2O2/c1-4-21-17(20)15-9-11-19(12-10-15)13-14-5-7-16(8-6-14)18(2)3/h5-8,15H,4,9-13H2,1-3H3/p+1. The van der Waals surface area contributed by atoms with E-state index >= 15 is 0 Å². The highest BCUT2D eigenvalue weighted by Gasteiger charge is 2.28. The summed E-state index contributed by atoms with van der Waals surface area (Å²) < 4.78 is 5.12. The number of carbonyl (C=O) groups excluding carboxylic acids is 1. The topological polar surface area (TPSA) is 34.0 Å². The summed E-state index contributed by atoms with van der Waals surface area (Å²) in [4.78, 5) is 15.4. The van der Waals surface area contributed by atoms with E-state index in [0.717, 1.165) is 32.5 Å². The summed E-state index contributed by atoms with van der Waals surface area (Å²) in [6.07, 6.45) is 1.90. The van der Waals surface area contributed by atoms with Crippen LogP contribution >= 0.6 is 0 Å². The lowest BCUT2D eigenvalue weighted by Gasteiger charge is -2.28. The number of rotatable bonds is 5. The number of hydrogen-bond acceptors (Lipinski definition) is 3. The average molecular weight is 291 g/mol. The van der Waals surface area contributed by atoms with Crippen LogP contribution in [0.3, 0.4) is 0 Å². The zero-order valence-electron chi connectivity index (χ0n) is 13.4. The molecule has 2 rings (SSSR count). The fourth-order valence-corrected chi connectivity index (χ4v) is 2.90. The molecule has 1 aromatic rings. The molecule has 0 spiro atoms. The third-order valence-corrected chi connectivity index (χ3v) is 4.22. The van der Waals surface area contributed by atoms with Crippen molar-refractivity contribution in [2.24, 2.45) is 5.92 Å². The Kier molecular flexibility index (Phi) is 5.62. The van der Waals surface area contributed by atoms with Crippen LogP contribution in [0.25, 0.3) is 0 Å². The largest absolute Gasteiger partial charge is 0.466 e. The number of likely N-dealkylation sites (tertiary alicyclic amines) is 1. The van der Waals surface area contributed by atoms with Crippen LogP contribution in [0.2, 0.25) is 0 Å². The minimum absolute atomic E-state index is 0.00751. The Morgan fingerprint density at radius 2 is 1.86 bits per heavy atom. The van der Waals surface area contributed by atoms with Gasteiger partial charge >= 0.3 is 5.97 Å². The molecule has 1 aliphatic rings. The Morgan fingerprint density at radius 3 is 2.38 bits per heavy atom. The quantitative estimate of drug-likeness (QED) is 0.825. The number of benzene rings is 1. The van der Waals surface area contributed by atoms with Gasteiger partial charge in [-0.05, 0) is 19.1 Å². The maximum Gasteiger partial charge on any atom is 0.309 e. The second-order valence-corrected chi connectivity index (χ2v) is 6.01. The number of ether oxygens (including phenoxy) is 1. The van der Waals surface area contributed by atoms with Crippen molar-refractivity contribution in [2.75, 3.05) is 38.7 Å². The van der Waals surface area contributed by atoms with Crippen molar-refractivity contribution < 1.29 is 14.4 Å². The van der Waals surface area contributed by atoms with Crippen molar-refractivity contribution in [1.29, 1.82) is 0 Å². The van der Waals surface area contributed by atoms with E-state index in [2.05, 4.69) is 43.3 Å². The minimum Gasteiger partial charge on any atom is -0.466 e. The van der Waals surface area contributed by atoms with Crippen LogP contribution in [0.5, 0.6) is 0 Å². The molecule has 0 amide bonds. The SMILES string of the molecule is CCOC(=O)C1CC[NH+](Cc2ccc(N(C)C)cc2)CC1. The predicted octanol–water partition coefficient (Wildman–Crippen LogP) is 1.11. The molecule has 4 heteroatoms. The summed E-state index contributed by atoms with van der Waals surface area (Å²) in [6, 6.07) is 8.75. The van der Waals surface area contributed by atoms with Gasteiger partial charge < -0.3 is 14.5 Å². The first-order valence-electron chi connectivity index (χ1n) is 7.86. The number of nitrogens with one attached hydrogen (secondary N) is 1. The summed E-state index contributed by atoms with van der Waals surface area (Å²) in [7, 11) is 4.11. The van der Waals surface area contributed by atoms with Crippen molar-refractivity contribution in [3.8, 4) is 0 Å². The maximum atomic E-state index is 11.7. The van der Waals surface area contributed by atoms with E-state index in [1.54, 1.807) is 4.90 Å². The third-order valence-electron chi connectivity index (χ3n) is 4.22. The summed E-state index contributed by atoms with van der Waals surface area (Å²) >= 11 is 0. The van der Waals surface area contributed by atoms with Crippen LogP contribution < -0.4 is 9.80 Å². The Hall–Kier alpha value is -1.55. The molecule has 1 heterocycles. The van der Waals surface area contributed by atoms with Crippen molar-refractivity contribution in [3.63, 3.8) is 0 Å². The van der Waals surface area contributed by atoms with E-state index in [9.17, 15) is 4.79 Å². The van der Waals surface area contributed by atoms with Gasteiger partial charge in [-0.25, -0.2) is 0 Å². The zero-order chi connectivity index (χ0) is 15.2. The van der Waals surface area contributed by atoms with Crippen molar-refractivity contribution >= 4 is 11.7 Å². The molecule has 0 unspecified atom stereocenters.